The van der Waals surface area contributed by atoms with E-state index < -0.39 is 4.92 Å². The van der Waals surface area contributed by atoms with Crippen LogP contribution in [0.2, 0.25) is 10.0 Å². The van der Waals surface area contributed by atoms with E-state index in [1.165, 1.54) is 29.1 Å². The van der Waals surface area contributed by atoms with Crippen LogP contribution in [0.1, 0.15) is 23.3 Å². The molecule has 0 aliphatic carbocycles. The zero-order valence-corrected chi connectivity index (χ0v) is 15.3. The van der Waals surface area contributed by atoms with Crippen molar-refractivity contribution in [2.75, 3.05) is 13.1 Å². The molecule has 136 valence electrons. The number of hydrogen-bond acceptors (Lipinski definition) is 5. The molecule has 0 radical (unpaired) electrons. The Balaban J connectivity index is 0.00000312. The maximum atomic E-state index is 12.0. The fraction of sp³-hybridized carbons (Fsp3) is 0.286. The second-order valence-electron chi connectivity index (χ2n) is 4.91. The number of unbranched alkanes of at least 4 members (excludes halogenated alkanes) is 1. The minimum atomic E-state index is -0.592. The van der Waals surface area contributed by atoms with Gasteiger partial charge in [-0.2, -0.15) is 5.10 Å². The Kier molecular flexibility index (Phi) is 8.11. The highest BCUT2D eigenvalue weighted by Crippen LogP contribution is 2.32. The average Bonchev–Trinajstić information content (AvgIpc) is 3.00. The molecule has 0 bridgehead atoms. The average molecular weight is 409 g/mol. The Bertz CT molecular complexity index is 743. The molecule has 11 heteroatoms. The highest BCUT2D eigenvalue weighted by molar-refractivity contribution is 6.38. The van der Waals surface area contributed by atoms with Gasteiger partial charge in [0.1, 0.15) is 5.69 Å². The quantitative estimate of drug-likeness (QED) is 0.415. The molecular weight excluding hydrogens is 393 g/mol. The van der Waals surface area contributed by atoms with Crippen molar-refractivity contribution in [1.29, 1.82) is 0 Å². The first-order valence-electron chi connectivity index (χ1n) is 7.11. The second-order valence-corrected chi connectivity index (χ2v) is 5.73. The summed E-state index contributed by atoms with van der Waals surface area (Å²) >= 11 is 12.1. The van der Waals surface area contributed by atoms with Gasteiger partial charge in [-0.1, -0.05) is 23.2 Å². The van der Waals surface area contributed by atoms with Gasteiger partial charge in [-0.05, 0) is 25.5 Å². The van der Waals surface area contributed by atoms with Crippen LogP contribution >= 0.6 is 35.6 Å². The SMILES string of the molecule is Cl.NCCCCNC(=O)c1ccn(-c2c(Cl)cc([N+](=O)[O-])cc2Cl)n1. The van der Waals surface area contributed by atoms with E-state index in [2.05, 4.69) is 10.4 Å². The Labute approximate surface area is 159 Å². The molecular formula is C14H16Cl3N5O3. The number of carbonyl (C=O) groups is 1. The van der Waals surface area contributed by atoms with Crippen molar-refractivity contribution >= 4 is 47.2 Å². The summed E-state index contributed by atoms with van der Waals surface area (Å²) in [6.45, 7) is 1.07. The number of carbonyl (C=O) groups excluding carboxylic acids is 1. The molecule has 1 heterocycles. The van der Waals surface area contributed by atoms with E-state index in [9.17, 15) is 14.9 Å². The van der Waals surface area contributed by atoms with E-state index in [1.807, 2.05) is 0 Å². The summed E-state index contributed by atoms with van der Waals surface area (Å²) in [5.74, 6) is -0.333. The van der Waals surface area contributed by atoms with Crippen LogP contribution in [-0.2, 0) is 0 Å². The molecule has 2 rings (SSSR count). The van der Waals surface area contributed by atoms with Gasteiger partial charge >= 0.3 is 0 Å². The summed E-state index contributed by atoms with van der Waals surface area (Å²) in [5, 5.41) is 17.8. The van der Waals surface area contributed by atoms with Crippen molar-refractivity contribution in [3.05, 3.63) is 50.2 Å². The van der Waals surface area contributed by atoms with E-state index in [1.54, 1.807) is 0 Å². The Morgan fingerprint density at radius 3 is 2.52 bits per heavy atom. The number of halogens is 3. The van der Waals surface area contributed by atoms with Crippen molar-refractivity contribution in [2.45, 2.75) is 12.8 Å². The molecule has 3 N–H and O–H groups in total. The Morgan fingerprint density at radius 1 is 1.32 bits per heavy atom. The van der Waals surface area contributed by atoms with Crippen LogP contribution in [0.15, 0.2) is 24.4 Å². The van der Waals surface area contributed by atoms with Gasteiger partial charge in [0.15, 0.2) is 5.69 Å². The van der Waals surface area contributed by atoms with E-state index in [0.717, 1.165) is 12.8 Å². The van der Waals surface area contributed by atoms with Gasteiger partial charge in [0, 0.05) is 24.9 Å². The summed E-state index contributed by atoms with van der Waals surface area (Å²) in [6.07, 6.45) is 3.11. The van der Waals surface area contributed by atoms with E-state index in [0.29, 0.717) is 13.1 Å². The molecule has 0 atom stereocenters. The smallest absolute Gasteiger partial charge is 0.272 e. The number of nitrogens with zero attached hydrogens (tertiary/aromatic N) is 3. The zero-order chi connectivity index (χ0) is 17.7. The van der Waals surface area contributed by atoms with E-state index in [4.69, 9.17) is 28.9 Å². The molecule has 0 spiro atoms. The van der Waals surface area contributed by atoms with Gasteiger partial charge in [-0.25, -0.2) is 4.68 Å². The molecule has 25 heavy (non-hydrogen) atoms. The first kappa shape index (κ1) is 21.2. The number of hydrogen-bond donors (Lipinski definition) is 2. The van der Waals surface area contributed by atoms with Gasteiger partial charge < -0.3 is 11.1 Å². The molecule has 0 saturated heterocycles. The van der Waals surface area contributed by atoms with Crippen LogP contribution in [0.5, 0.6) is 0 Å². The Morgan fingerprint density at radius 2 is 1.96 bits per heavy atom. The lowest BCUT2D eigenvalue weighted by molar-refractivity contribution is -0.384. The molecule has 0 fully saturated rings. The van der Waals surface area contributed by atoms with Crippen molar-refractivity contribution in [3.63, 3.8) is 0 Å². The van der Waals surface area contributed by atoms with Gasteiger partial charge in [-0.15, -0.1) is 12.4 Å². The summed E-state index contributed by atoms with van der Waals surface area (Å²) in [6, 6.07) is 3.86. The monoisotopic (exact) mass is 407 g/mol. The number of rotatable bonds is 7. The number of nitro groups is 1. The third kappa shape index (κ3) is 5.30. The molecule has 1 amide bonds. The van der Waals surface area contributed by atoms with Gasteiger partial charge in [0.25, 0.3) is 11.6 Å². The highest BCUT2D eigenvalue weighted by Gasteiger charge is 2.18. The molecule has 8 nitrogen and oxygen atoms in total. The number of nitrogens with one attached hydrogen (secondary N) is 1. The summed E-state index contributed by atoms with van der Waals surface area (Å²) in [7, 11) is 0. The summed E-state index contributed by atoms with van der Waals surface area (Å²) < 4.78 is 1.31. The third-order valence-electron chi connectivity index (χ3n) is 3.18. The molecule has 0 unspecified atom stereocenters. The van der Waals surface area contributed by atoms with Gasteiger partial charge in [0.2, 0.25) is 0 Å². The highest BCUT2D eigenvalue weighted by atomic mass is 35.5. The third-order valence-corrected chi connectivity index (χ3v) is 3.76. The zero-order valence-electron chi connectivity index (χ0n) is 12.9. The maximum absolute atomic E-state index is 12.0. The van der Waals surface area contributed by atoms with Crippen LogP contribution in [0, 0.1) is 10.1 Å². The van der Waals surface area contributed by atoms with Gasteiger partial charge in [0.05, 0.1) is 15.0 Å². The number of nitrogens with two attached hydrogens (primary N) is 1. The fourth-order valence-corrected chi connectivity index (χ4v) is 2.66. The number of benzene rings is 1. The Hall–Kier alpha value is -1.87. The largest absolute Gasteiger partial charge is 0.351 e. The number of non-ortho nitro benzene ring substituents is 1. The lowest BCUT2D eigenvalue weighted by atomic mass is 10.3. The van der Waals surface area contributed by atoms with E-state index >= 15 is 0 Å². The fourth-order valence-electron chi connectivity index (χ4n) is 2.01. The lowest BCUT2D eigenvalue weighted by Crippen LogP contribution is -2.25. The van der Waals surface area contributed by atoms with Crippen LogP contribution < -0.4 is 11.1 Å². The normalized spacial score (nSPS) is 10.2. The molecule has 2 aromatic rings. The topological polar surface area (TPSA) is 116 Å². The van der Waals surface area contributed by atoms with Crippen molar-refractivity contribution in [3.8, 4) is 5.69 Å². The number of amides is 1. The molecule has 0 aliphatic heterocycles. The van der Waals surface area contributed by atoms with Crippen LogP contribution in [-0.4, -0.2) is 33.7 Å². The van der Waals surface area contributed by atoms with Crippen LogP contribution in [0.4, 0.5) is 5.69 Å². The summed E-state index contributed by atoms with van der Waals surface area (Å²) in [4.78, 5) is 22.2. The van der Waals surface area contributed by atoms with Crippen LogP contribution in [0.3, 0.4) is 0 Å². The summed E-state index contributed by atoms with van der Waals surface area (Å²) in [5.41, 5.74) is 5.62. The van der Waals surface area contributed by atoms with E-state index in [-0.39, 0.29) is 45.4 Å². The second kappa shape index (κ2) is 9.57. The standard InChI is InChI=1S/C14H15Cl2N5O3.ClH/c15-10-7-9(21(23)24)8-11(16)13(10)20-6-3-12(19-20)14(22)18-5-2-1-4-17;/h3,6-8H,1-2,4-5,17H2,(H,18,22);1H. The van der Waals surface area contributed by atoms with Crippen molar-refractivity contribution in [1.82, 2.24) is 15.1 Å². The van der Waals surface area contributed by atoms with Crippen molar-refractivity contribution in [2.24, 2.45) is 5.73 Å². The lowest BCUT2D eigenvalue weighted by Gasteiger charge is -2.07. The maximum Gasteiger partial charge on any atom is 0.272 e. The molecule has 1 aromatic carbocycles. The predicted molar refractivity (Wildman–Crippen MR) is 98.1 cm³/mol. The number of nitro benzene ring substituents is 1. The minimum Gasteiger partial charge on any atom is -0.351 e. The van der Waals surface area contributed by atoms with Gasteiger partial charge in [-0.3, -0.25) is 14.9 Å². The molecule has 0 saturated carbocycles. The van der Waals surface area contributed by atoms with Crippen LogP contribution in [0.25, 0.3) is 5.69 Å². The predicted octanol–water partition coefficient (Wildman–Crippen LogP) is 2.98. The number of aromatic nitrogens is 2. The molecule has 1 aromatic heterocycles. The minimum absolute atomic E-state index is 0. The first-order valence-corrected chi connectivity index (χ1v) is 7.87. The first-order chi connectivity index (χ1) is 11.4. The molecule has 0 aliphatic rings. The van der Waals surface area contributed by atoms with Crippen molar-refractivity contribution < 1.29 is 9.72 Å².